The smallest absolute Gasteiger partial charge is 0.231 e. The van der Waals surface area contributed by atoms with Crippen molar-refractivity contribution in [1.29, 1.82) is 0 Å². The third kappa shape index (κ3) is 5.06. The second kappa shape index (κ2) is 9.70. The van der Waals surface area contributed by atoms with Crippen LogP contribution in [0, 0.1) is 0 Å². The lowest BCUT2D eigenvalue weighted by molar-refractivity contribution is 0.174. The average molecular weight is 470 g/mol. The molecule has 6 nitrogen and oxygen atoms in total. The molecule has 1 aliphatic heterocycles. The molecule has 142 valence electrons. The molecule has 0 amide bonds. The minimum absolute atomic E-state index is 0. The molecule has 0 unspecified atom stereocenters. The third-order valence-corrected chi connectivity index (χ3v) is 4.25. The van der Waals surface area contributed by atoms with Gasteiger partial charge in [0.1, 0.15) is 0 Å². The largest absolute Gasteiger partial charge is 0.454 e. The Hall–Kier alpha value is -1.90. The highest BCUT2D eigenvalue weighted by Gasteiger charge is 2.13. The lowest BCUT2D eigenvalue weighted by Crippen LogP contribution is -2.39. The van der Waals surface area contributed by atoms with Crippen LogP contribution in [-0.2, 0) is 20.0 Å². The van der Waals surface area contributed by atoms with E-state index in [1.807, 2.05) is 12.1 Å². The summed E-state index contributed by atoms with van der Waals surface area (Å²) in [7, 11) is 4.13. The fourth-order valence-corrected chi connectivity index (χ4v) is 2.84. The second-order valence-corrected chi connectivity index (χ2v) is 6.14. The maximum absolute atomic E-state index is 5.43. The molecule has 26 heavy (non-hydrogen) atoms. The number of halogens is 1. The summed E-state index contributed by atoms with van der Waals surface area (Å²) in [5.74, 6) is 2.57. The number of aryl methyl sites for hydroxylation is 1. The van der Waals surface area contributed by atoms with Crippen LogP contribution in [0.15, 0.2) is 41.5 Å². The first kappa shape index (κ1) is 20.4. The van der Waals surface area contributed by atoms with Crippen molar-refractivity contribution in [1.82, 2.24) is 14.8 Å². The zero-order chi connectivity index (χ0) is 17.6. The zero-order valence-corrected chi connectivity index (χ0v) is 17.9. The third-order valence-electron chi connectivity index (χ3n) is 4.25. The van der Waals surface area contributed by atoms with Crippen molar-refractivity contribution in [3.05, 3.63) is 47.8 Å². The maximum atomic E-state index is 5.43. The van der Waals surface area contributed by atoms with Gasteiger partial charge in [-0.05, 0) is 43.2 Å². The van der Waals surface area contributed by atoms with E-state index in [1.54, 1.807) is 0 Å². The van der Waals surface area contributed by atoms with Crippen LogP contribution < -0.4 is 14.8 Å². The molecule has 0 atom stereocenters. The molecule has 2 heterocycles. The fraction of sp³-hybridized carbons (Fsp3) is 0.421. The first-order valence-corrected chi connectivity index (χ1v) is 8.65. The number of nitrogens with zero attached hydrogens (tertiary/aromatic N) is 3. The van der Waals surface area contributed by atoms with E-state index in [4.69, 9.17) is 14.5 Å². The highest BCUT2D eigenvalue weighted by Crippen LogP contribution is 2.32. The van der Waals surface area contributed by atoms with Gasteiger partial charge in [0.2, 0.25) is 6.79 Å². The summed E-state index contributed by atoms with van der Waals surface area (Å²) in [6.07, 6.45) is 2.93. The fourth-order valence-electron chi connectivity index (χ4n) is 2.84. The number of aromatic nitrogens is 1. The Bertz CT molecular complexity index is 745. The van der Waals surface area contributed by atoms with Crippen LogP contribution in [0.5, 0.6) is 11.5 Å². The Morgan fingerprint density at radius 3 is 2.81 bits per heavy atom. The van der Waals surface area contributed by atoms with Crippen LogP contribution in [0.4, 0.5) is 0 Å². The van der Waals surface area contributed by atoms with E-state index >= 15 is 0 Å². The highest BCUT2D eigenvalue weighted by molar-refractivity contribution is 14.0. The number of rotatable bonds is 6. The Labute approximate surface area is 172 Å². The molecule has 0 saturated carbocycles. The van der Waals surface area contributed by atoms with Gasteiger partial charge in [-0.25, -0.2) is 0 Å². The SMILES string of the molecule is CCNC(=NCCc1ccc2c(c1)OCO2)N(C)Cc1cccn1C.I. The van der Waals surface area contributed by atoms with Gasteiger partial charge in [-0.1, -0.05) is 6.07 Å². The van der Waals surface area contributed by atoms with Gasteiger partial charge in [0, 0.05) is 39.1 Å². The summed E-state index contributed by atoms with van der Waals surface area (Å²) >= 11 is 0. The minimum atomic E-state index is 0. The molecular formula is C19H27IN4O2. The molecule has 0 saturated heterocycles. The van der Waals surface area contributed by atoms with Crippen molar-refractivity contribution >= 4 is 29.9 Å². The molecule has 0 bridgehead atoms. The van der Waals surface area contributed by atoms with Gasteiger partial charge >= 0.3 is 0 Å². The van der Waals surface area contributed by atoms with E-state index in [1.165, 1.54) is 11.3 Å². The number of hydrogen-bond acceptors (Lipinski definition) is 3. The van der Waals surface area contributed by atoms with Gasteiger partial charge in [-0.3, -0.25) is 4.99 Å². The molecule has 1 aromatic carbocycles. The minimum Gasteiger partial charge on any atom is -0.454 e. The first-order valence-electron chi connectivity index (χ1n) is 8.65. The molecule has 7 heteroatoms. The van der Waals surface area contributed by atoms with Gasteiger partial charge in [-0.2, -0.15) is 0 Å². The van der Waals surface area contributed by atoms with Crippen molar-refractivity contribution in [2.24, 2.45) is 12.0 Å². The van der Waals surface area contributed by atoms with Crippen molar-refractivity contribution in [3.63, 3.8) is 0 Å². The summed E-state index contributed by atoms with van der Waals surface area (Å²) in [5.41, 5.74) is 2.46. The lowest BCUT2D eigenvalue weighted by atomic mass is 10.1. The number of nitrogens with one attached hydrogen (secondary N) is 1. The average Bonchev–Trinajstić information content (AvgIpc) is 3.23. The van der Waals surface area contributed by atoms with Gasteiger partial charge < -0.3 is 24.3 Å². The summed E-state index contributed by atoms with van der Waals surface area (Å²) in [6, 6.07) is 10.3. The standard InChI is InChI=1S/C19H26N4O2.HI/c1-4-20-19(23(3)13-16-6-5-11-22(16)2)21-10-9-15-7-8-17-18(12-15)25-14-24-17;/h5-8,11-12H,4,9-10,13-14H2,1-3H3,(H,20,21);1H. The predicted octanol–water partition coefficient (Wildman–Crippen LogP) is 3.01. The van der Waals surface area contributed by atoms with E-state index < -0.39 is 0 Å². The number of aliphatic imine (C=N–C) groups is 1. The molecule has 0 aliphatic carbocycles. The van der Waals surface area contributed by atoms with E-state index in [-0.39, 0.29) is 24.0 Å². The molecule has 1 N–H and O–H groups in total. The Kier molecular flexibility index (Phi) is 7.62. The van der Waals surface area contributed by atoms with Crippen molar-refractivity contribution in [2.45, 2.75) is 19.9 Å². The summed E-state index contributed by atoms with van der Waals surface area (Å²) in [4.78, 5) is 6.91. The van der Waals surface area contributed by atoms with Crippen molar-refractivity contribution in [3.8, 4) is 11.5 Å². The normalized spacial score (nSPS) is 12.7. The second-order valence-electron chi connectivity index (χ2n) is 6.14. The van der Waals surface area contributed by atoms with Crippen LogP contribution >= 0.6 is 24.0 Å². The lowest BCUT2D eigenvalue weighted by Gasteiger charge is -2.22. The summed E-state index contributed by atoms with van der Waals surface area (Å²) < 4.78 is 12.9. The topological polar surface area (TPSA) is 51.0 Å². The zero-order valence-electron chi connectivity index (χ0n) is 15.6. The molecule has 0 spiro atoms. The van der Waals surface area contributed by atoms with Crippen LogP contribution in [0.25, 0.3) is 0 Å². The van der Waals surface area contributed by atoms with E-state index in [0.29, 0.717) is 6.79 Å². The number of guanidine groups is 1. The Morgan fingerprint density at radius 1 is 1.27 bits per heavy atom. The number of fused-ring (bicyclic) bond motifs is 1. The first-order chi connectivity index (χ1) is 12.2. The van der Waals surface area contributed by atoms with Crippen LogP contribution in [0.2, 0.25) is 0 Å². The summed E-state index contributed by atoms with van der Waals surface area (Å²) in [5, 5.41) is 3.36. The molecule has 0 radical (unpaired) electrons. The quantitative estimate of drug-likeness (QED) is 0.401. The molecule has 1 aromatic heterocycles. The molecular weight excluding hydrogens is 443 g/mol. The maximum Gasteiger partial charge on any atom is 0.231 e. The van der Waals surface area contributed by atoms with Gasteiger partial charge in [0.05, 0.1) is 6.54 Å². The number of benzene rings is 1. The Balaban J connectivity index is 0.00000243. The van der Waals surface area contributed by atoms with Gasteiger partial charge in [0.25, 0.3) is 0 Å². The monoisotopic (exact) mass is 470 g/mol. The molecule has 1 aliphatic rings. The van der Waals surface area contributed by atoms with E-state index in [2.05, 4.69) is 60.2 Å². The predicted molar refractivity (Wildman–Crippen MR) is 115 cm³/mol. The number of ether oxygens (including phenoxy) is 2. The summed E-state index contributed by atoms with van der Waals surface area (Å²) in [6.45, 7) is 4.79. The van der Waals surface area contributed by atoms with E-state index in [0.717, 1.165) is 43.5 Å². The van der Waals surface area contributed by atoms with Crippen molar-refractivity contribution in [2.75, 3.05) is 26.9 Å². The number of hydrogen-bond donors (Lipinski definition) is 1. The van der Waals surface area contributed by atoms with Crippen molar-refractivity contribution < 1.29 is 9.47 Å². The molecule has 0 fully saturated rings. The molecule has 2 aromatic rings. The van der Waals surface area contributed by atoms with Crippen LogP contribution in [0.1, 0.15) is 18.2 Å². The van der Waals surface area contributed by atoms with Gasteiger partial charge in [-0.15, -0.1) is 24.0 Å². The Morgan fingerprint density at radius 2 is 2.08 bits per heavy atom. The molecule has 3 rings (SSSR count). The van der Waals surface area contributed by atoms with Crippen LogP contribution in [-0.4, -0.2) is 42.4 Å². The van der Waals surface area contributed by atoms with E-state index in [9.17, 15) is 0 Å². The highest BCUT2D eigenvalue weighted by atomic mass is 127. The van der Waals surface area contributed by atoms with Gasteiger partial charge in [0.15, 0.2) is 17.5 Å². The van der Waals surface area contributed by atoms with Crippen LogP contribution in [0.3, 0.4) is 0 Å².